The molecule has 1 unspecified atom stereocenters. The Balaban J connectivity index is 1.49. The molecule has 0 saturated heterocycles. The van der Waals surface area contributed by atoms with Gasteiger partial charge in [-0.15, -0.1) is 0 Å². The molecule has 0 aliphatic heterocycles. The maximum atomic E-state index is 11.0. The van der Waals surface area contributed by atoms with Crippen molar-refractivity contribution < 1.29 is 19.4 Å². The molecule has 3 aromatic rings. The Kier molecular flexibility index (Phi) is 7.06. The Hall–Kier alpha value is -3.53. The molecule has 0 bridgehead atoms. The number of ether oxygens (including phenoxy) is 2. The molecule has 0 radical (unpaired) electrons. The number of carboxylic acid groups (broad SMARTS) is 1. The van der Waals surface area contributed by atoms with E-state index in [0.29, 0.717) is 24.5 Å². The summed E-state index contributed by atoms with van der Waals surface area (Å²) in [5.41, 5.74) is 3.50. The van der Waals surface area contributed by atoms with E-state index in [-0.39, 0.29) is 0 Å². The summed E-state index contributed by atoms with van der Waals surface area (Å²) < 4.78 is 11.1. The molecule has 29 heavy (non-hydrogen) atoms. The van der Waals surface area contributed by atoms with Crippen molar-refractivity contribution in [2.45, 2.75) is 19.4 Å². The highest BCUT2D eigenvalue weighted by Gasteiger charge is 2.16. The fourth-order valence-electron chi connectivity index (χ4n) is 2.83. The maximum Gasteiger partial charge on any atom is 0.344 e. The quantitative estimate of drug-likeness (QED) is 0.512. The van der Waals surface area contributed by atoms with Crippen LogP contribution in [0.5, 0.6) is 11.5 Å². The molecular weight excluding hydrogens is 364 g/mol. The number of benzene rings is 3. The van der Waals surface area contributed by atoms with Crippen LogP contribution in [0.25, 0.3) is 17.2 Å². The minimum absolute atomic E-state index is 0.407. The number of hydrogen-bond donors (Lipinski definition) is 1. The molecule has 0 aliphatic rings. The summed E-state index contributed by atoms with van der Waals surface area (Å²) in [4.78, 5) is 11.0. The van der Waals surface area contributed by atoms with Crippen LogP contribution in [0, 0.1) is 0 Å². The first kappa shape index (κ1) is 20.2. The second-order valence-corrected chi connectivity index (χ2v) is 6.53. The van der Waals surface area contributed by atoms with Crippen LogP contribution >= 0.6 is 0 Å². The maximum absolute atomic E-state index is 11.0. The highest BCUT2D eigenvalue weighted by molar-refractivity contribution is 5.72. The third-order valence-electron chi connectivity index (χ3n) is 4.42. The van der Waals surface area contributed by atoms with Gasteiger partial charge in [-0.2, -0.15) is 0 Å². The molecule has 0 fully saturated rings. The number of hydrogen-bond acceptors (Lipinski definition) is 3. The van der Waals surface area contributed by atoms with Gasteiger partial charge in [0.05, 0.1) is 0 Å². The summed E-state index contributed by atoms with van der Waals surface area (Å²) in [5.74, 6) is 0.250. The fourth-order valence-corrected chi connectivity index (χ4v) is 2.83. The zero-order valence-electron chi connectivity index (χ0n) is 16.3. The summed E-state index contributed by atoms with van der Waals surface area (Å²) >= 11 is 0. The van der Waals surface area contributed by atoms with Crippen LogP contribution in [-0.4, -0.2) is 23.8 Å². The van der Waals surface area contributed by atoms with E-state index in [4.69, 9.17) is 14.6 Å². The number of aliphatic carboxylic acids is 1. The van der Waals surface area contributed by atoms with Gasteiger partial charge in [0.15, 0.2) is 6.10 Å². The van der Waals surface area contributed by atoms with Gasteiger partial charge in [-0.25, -0.2) is 4.79 Å². The number of carbonyl (C=O) groups is 1. The molecule has 4 heteroatoms. The summed E-state index contributed by atoms with van der Waals surface area (Å²) in [6.45, 7) is 2.21. The van der Waals surface area contributed by atoms with Crippen molar-refractivity contribution in [3.8, 4) is 22.6 Å². The van der Waals surface area contributed by atoms with Crippen LogP contribution in [0.4, 0.5) is 0 Å². The topological polar surface area (TPSA) is 55.8 Å². The molecular formula is C25H24O4. The molecule has 0 aromatic heterocycles. The highest BCUT2D eigenvalue weighted by atomic mass is 16.5. The number of rotatable bonds is 9. The van der Waals surface area contributed by atoms with Gasteiger partial charge in [0.1, 0.15) is 18.1 Å². The van der Waals surface area contributed by atoms with Crippen LogP contribution in [0.1, 0.15) is 18.9 Å². The van der Waals surface area contributed by atoms with Crippen LogP contribution in [0.2, 0.25) is 0 Å². The smallest absolute Gasteiger partial charge is 0.344 e. The van der Waals surface area contributed by atoms with Gasteiger partial charge in [-0.05, 0) is 53.5 Å². The Bertz CT molecular complexity index is 929. The van der Waals surface area contributed by atoms with Gasteiger partial charge in [-0.1, -0.05) is 67.6 Å². The molecule has 0 saturated carbocycles. The molecule has 1 atom stereocenters. The lowest BCUT2D eigenvalue weighted by atomic mass is 10.0. The van der Waals surface area contributed by atoms with E-state index in [9.17, 15) is 4.79 Å². The monoisotopic (exact) mass is 388 g/mol. The first-order valence-corrected chi connectivity index (χ1v) is 9.60. The van der Waals surface area contributed by atoms with Gasteiger partial charge >= 0.3 is 5.97 Å². The first-order chi connectivity index (χ1) is 14.2. The zero-order valence-corrected chi connectivity index (χ0v) is 16.3. The second-order valence-electron chi connectivity index (χ2n) is 6.53. The first-order valence-electron chi connectivity index (χ1n) is 9.60. The molecule has 3 aromatic carbocycles. The summed E-state index contributed by atoms with van der Waals surface area (Å²) in [5, 5.41) is 9.04. The van der Waals surface area contributed by atoms with Crippen LogP contribution in [-0.2, 0) is 4.79 Å². The zero-order chi connectivity index (χ0) is 20.5. The third kappa shape index (κ3) is 5.98. The largest absolute Gasteiger partial charge is 0.490 e. The lowest BCUT2D eigenvalue weighted by Gasteiger charge is -2.13. The Morgan fingerprint density at radius 1 is 0.897 bits per heavy atom. The van der Waals surface area contributed by atoms with Crippen molar-refractivity contribution >= 4 is 12.0 Å². The lowest BCUT2D eigenvalue weighted by Crippen LogP contribution is -2.25. The van der Waals surface area contributed by atoms with Gasteiger partial charge in [-0.3, -0.25) is 0 Å². The normalized spacial score (nSPS) is 11.9. The fraction of sp³-hybridized carbons (Fsp3) is 0.160. The van der Waals surface area contributed by atoms with Crippen molar-refractivity contribution in [1.82, 2.24) is 0 Å². The molecule has 0 heterocycles. The molecule has 0 spiro atoms. The molecule has 0 amide bonds. The van der Waals surface area contributed by atoms with Crippen LogP contribution in [0.3, 0.4) is 0 Å². The predicted molar refractivity (Wildman–Crippen MR) is 115 cm³/mol. The Morgan fingerprint density at radius 3 is 2.14 bits per heavy atom. The molecule has 0 aliphatic carbocycles. The van der Waals surface area contributed by atoms with Crippen LogP contribution < -0.4 is 9.47 Å². The van der Waals surface area contributed by atoms with Crippen molar-refractivity contribution in [1.29, 1.82) is 0 Å². The van der Waals surface area contributed by atoms with Gasteiger partial charge in [0.2, 0.25) is 0 Å². The molecule has 148 valence electrons. The molecule has 1 N–H and O–H groups in total. The van der Waals surface area contributed by atoms with Gasteiger partial charge < -0.3 is 14.6 Å². The lowest BCUT2D eigenvalue weighted by molar-refractivity contribution is -0.145. The number of carboxylic acids is 1. The van der Waals surface area contributed by atoms with Gasteiger partial charge in [0, 0.05) is 0 Å². The molecule has 3 rings (SSSR count). The van der Waals surface area contributed by atoms with E-state index < -0.39 is 12.1 Å². The Labute approximate surface area is 171 Å². The summed E-state index contributed by atoms with van der Waals surface area (Å²) in [6.07, 6.45) is 3.55. The summed E-state index contributed by atoms with van der Waals surface area (Å²) in [6, 6.07) is 25.6. The SMILES string of the molecule is CCC(Oc1ccc(OC/C=C/c2ccc(-c3ccccc3)cc2)cc1)C(=O)O. The average molecular weight is 388 g/mol. The summed E-state index contributed by atoms with van der Waals surface area (Å²) in [7, 11) is 0. The Morgan fingerprint density at radius 2 is 1.52 bits per heavy atom. The van der Waals surface area contributed by atoms with E-state index in [1.165, 1.54) is 11.1 Å². The van der Waals surface area contributed by atoms with E-state index in [1.807, 2.05) is 30.4 Å². The van der Waals surface area contributed by atoms with Crippen molar-refractivity contribution in [2.75, 3.05) is 6.61 Å². The molecule has 4 nitrogen and oxygen atoms in total. The van der Waals surface area contributed by atoms with E-state index in [1.54, 1.807) is 31.2 Å². The van der Waals surface area contributed by atoms with Crippen LogP contribution in [0.15, 0.2) is 84.9 Å². The standard InChI is InChI=1S/C25H24O4/c1-2-24(25(26)27)29-23-16-14-22(15-17-23)28-18-6-7-19-10-12-21(13-11-19)20-8-4-3-5-9-20/h3-17,24H,2,18H2,1H3,(H,26,27)/b7-6+. The minimum atomic E-state index is -0.963. The highest BCUT2D eigenvalue weighted by Crippen LogP contribution is 2.21. The van der Waals surface area contributed by atoms with Gasteiger partial charge in [0.25, 0.3) is 0 Å². The van der Waals surface area contributed by atoms with Crippen molar-refractivity contribution in [2.24, 2.45) is 0 Å². The third-order valence-corrected chi connectivity index (χ3v) is 4.42. The second kappa shape index (κ2) is 10.1. The van der Waals surface area contributed by atoms with E-state index in [2.05, 4.69) is 36.4 Å². The van der Waals surface area contributed by atoms with Crippen molar-refractivity contribution in [3.63, 3.8) is 0 Å². The predicted octanol–water partition coefficient (Wildman–Crippen LogP) is 5.69. The van der Waals surface area contributed by atoms with E-state index in [0.717, 1.165) is 5.56 Å². The van der Waals surface area contributed by atoms with E-state index >= 15 is 0 Å². The minimum Gasteiger partial charge on any atom is -0.490 e. The average Bonchev–Trinajstić information content (AvgIpc) is 2.77. The van der Waals surface area contributed by atoms with Crippen molar-refractivity contribution in [3.05, 3.63) is 90.5 Å².